The monoisotopic (exact) mass is 417 g/mol. The van der Waals surface area contributed by atoms with Gasteiger partial charge in [-0.05, 0) is 43.3 Å². The highest BCUT2D eigenvalue weighted by Crippen LogP contribution is 2.24. The van der Waals surface area contributed by atoms with Crippen molar-refractivity contribution in [2.24, 2.45) is 0 Å². The Balaban J connectivity index is 1.86. The third-order valence-corrected chi connectivity index (χ3v) is 5.45. The van der Waals surface area contributed by atoms with Gasteiger partial charge in [-0.25, -0.2) is 4.98 Å². The van der Waals surface area contributed by atoms with Crippen molar-refractivity contribution in [3.63, 3.8) is 0 Å². The standard InChI is InChI=1S/C20H20ClN3O3S/c1-13(18(25)22-15-9-7-14(21)8-10-15)28-20-23-17-6-4-3-5-16(17)19(26)24(20)11-12-27-2/h3-10,13H,11-12H2,1-2H3,(H,22,25)/t13-/m1/s1. The van der Waals surface area contributed by atoms with Crippen LogP contribution in [0.15, 0.2) is 58.5 Å². The number of fused-ring (bicyclic) bond motifs is 1. The first kappa shape index (κ1) is 20.4. The molecule has 28 heavy (non-hydrogen) atoms. The minimum Gasteiger partial charge on any atom is -0.383 e. The van der Waals surface area contributed by atoms with Crippen LogP contribution in [0.3, 0.4) is 0 Å². The van der Waals surface area contributed by atoms with E-state index in [2.05, 4.69) is 10.3 Å². The minimum atomic E-state index is -0.461. The molecular formula is C20H20ClN3O3S. The third-order valence-electron chi connectivity index (χ3n) is 4.11. The molecule has 1 amide bonds. The lowest BCUT2D eigenvalue weighted by atomic mass is 10.2. The summed E-state index contributed by atoms with van der Waals surface area (Å²) in [4.78, 5) is 30.0. The average molecular weight is 418 g/mol. The van der Waals surface area contributed by atoms with Gasteiger partial charge in [-0.15, -0.1) is 0 Å². The molecule has 0 saturated heterocycles. The highest BCUT2D eigenvalue weighted by molar-refractivity contribution is 8.00. The molecule has 0 aliphatic heterocycles. The minimum absolute atomic E-state index is 0.143. The molecule has 146 valence electrons. The topological polar surface area (TPSA) is 73.2 Å². The van der Waals surface area contributed by atoms with Gasteiger partial charge in [0.15, 0.2) is 5.16 Å². The van der Waals surface area contributed by atoms with Gasteiger partial charge in [-0.2, -0.15) is 0 Å². The summed E-state index contributed by atoms with van der Waals surface area (Å²) in [5.41, 5.74) is 1.12. The van der Waals surface area contributed by atoms with Crippen LogP contribution in [0, 0.1) is 0 Å². The smallest absolute Gasteiger partial charge is 0.262 e. The van der Waals surface area contributed by atoms with E-state index in [1.807, 2.05) is 6.07 Å². The number of amides is 1. The van der Waals surface area contributed by atoms with Crippen LogP contribution in [0.4, 0.5) is 5.69 Å². The average Bonchev–Trinajstić information content (AvgIpc) is 2.69. The summed E-state index contributed by atoms with van der Waals surface area (Å²) in [6.45, 7) is 2.51. The third kappa shape index (κ3) is 4.73. The van der Waals surface area contributed by atoms with Gasteiger partial charge in [-0.1, -0.05) is 35.5 Å². The van der Waals surface area contributed by atoms with E-state index in [1.54, 1.807) is 61.1 Å². The van der Waals surface area contributed by atoms with E-state index in [1.165, 1.54) is 11.8 Å². The lowest BCUT2D eigenvalue weighted by Crippen LogP contribution is -2.28. The molecule has 3 rings (SSSR count). The number of rotatable bonds is 7. The Bertz CT molecular complexity index is 1040. The highest BCUT2D eigenvalue weighted by atomic mass is 35.5. The molecular weight excluding hydrogens is 398 g/mol. The number of anilines is 1. The predicted octanol–water partition coefficient (Wildman–Crippen LogP) is 3.82. The molecule has 0 aliphatic carbocycles. The van der Waals surface area contributed by atoms with Crippen LogP contribution in [0.25, 0.3) is 10.9 Å². The number of aromatic nitrogens is 2. The van der Waals surface area contributed by atoms with E-state index < -0.39 is 5.25 Å². The zero-order chi connectivity index (χ0) is 20.1. The number of benzene rings is 2. The lowest BCUT2D eigenvalue weighted by molar-refractivity contribution is -0.115. The Morgan fingerprint density at radius 3 is 2.68 bits per heavy atom. The molecule has 0 fully saturated rings. The zero-order valence-corrected chi connectivity index (χ0v) is 17.1. The van der Waals surface area contributed by atoms with Crippen molar-refractivity contribution in [2.75, 3.05) is 19.0 Å². The fourth-order valence-electron chi connectivity index (χ4n) is 2.61. The van der Waals surface area contributed by atoms with Crippen LogP contribution >= 0.6 is 23.4 Å². The van der Waals surface area contributed by atoms with E-state index in [0.717, 1.165) is 0 Å². The van der Waals surface area contributed by atoms with Gasteiger partial charge < -0.3 is 10.1 Å². The maximum atomic E-state index is 12.9. The number of methoxy groups -OCH3 is 1. The number of thioether (sulfide) groups is 1. The van der Waals surface area contributed by atoms with Crippen molar-refractivity contribution < 1.29 is 9.53 Å². The van der Waals surface area contributed by atoms with Crippen LogP contribution in [0.2, 0.25) is 5.02 Å². The maximum absolute atomic E-state index is 12.9. The summed E-state index contributed by atoms with van der Waals surface area (Å²) in [6, 6.07) is 14.1. The summed E-state index contributed by atoms with van der Waals surface area (Å²) in [5, 5.41) is 4.01. The molecule has 0 aliphatic rings. The number of carbonyl (C=O) groups is 1. The van der Waals surface area contributed by atoms with E-state index in [4.69, 9.17) is 16.3 Å². The number of halogens is 1. The quantitative estimate of drug-likeness (QED) is 0.467. The van der Waals surface area contributed by atoms with Crippen LogP contribution in [-0.4, -0.2) is 34.4 Å². The largest absolute Gasteiger partial charge is 0.383 e. The second-order valence-corrected chi connectivity index (χ2v) is 7.86. The molecule has 1 atom stereocenters. The number of hydrogen-bond donors (Lipinski definition) is 1. The summed E-state index contributed by atoms with van der Waals surface area (Å²) in [5.74, 6) is -0.187. The van der Waals surface area contributed by atoms with Crippen molar-refractivity contribution in [2.45, 2.75) is 23.9 Å². The fourth-order valence-corrected chi connectivity index (χ4v) is 3.67. The first-order valence-electron chi connectivity index (χ1n) is 8.71. The molecule has 6 nitrogen and oxygen atoms in total. The van der Waals surface area contributed by atoms with Gasteiger partial charge in [0.05, 0.1) is 29.3 Å². The van der Waals surface area contributed by atoms with Gasteiger partial charge >= 0.3 is 0 Å². The Morgan fingerprint density at radius 2 is 1.96 bits per heavy atom. The SMILES string of the molecule is COCCn1c(S[C@H](C)C(=O)Nc2ccc(Cl)cc2)nc2ccccc2c1=O. The van der Waals surface area contributed by atoms with Crippen molar-refractivity contribution in [3.05, 3.63) is 63.9 Å². The van der Waals surface area contributed by atoms with Crippen LogP contribution < -0.4 is 10.9 Å². The van der Waals surface area contributed by atoms with E-state index in [9.17, 15) is 9.59 Å². The van der Waals surface area contributed by atoms with Crippen LogP contribution in [-0.2, 0) is 16.1 Å². The van der Waals surface area contributed by atoms with Crippen molar-refractivity contribution in [1.82, 2.24) is 9.55 Å². The number of carbonyl (C=O) groups excluding carboxylic acids is 1. The van der Waals surface area contributed by atoms with Gasteiger partial charge in [-0.3, -0.25) is 14.2 Å². The normalized spacial score (nSPS) is 12.1. The second kappa shape index (κ2) is 9.23. The summed E-state index contributed by atoms with van der Waals surface area (Å²) in [6.07, 6.45) is 0. The van der Waals surface area contributed by atoms with Crippen molar-refractivity contribution in [3.8, 4) is 0 Å². The molecule has 1 heterocycles. The van der Waals surface area contributed by atoms with Crippen molar-refractivity contribution >= 4 is 45.9 Å². The molecule has 1 N–H and O–H groups in total. The molecule has 8 heteroatoms. The van der Waals surface area contributed by atoms with Gasteiger partial charge in [0.2, 0.25) is 5.91 Å². The molecule has 0 bridgehead atoms. The highest BCUT2D eigenvalue weighted by Gasteiger charge is 2.19. The van der Waals surface area contributed by atoms with E-state index in [0.29, 0.717) is 39.9 Å². The fraction of sp³-hybridized carbons (Fsp3) is 0.250. The Kier molecular flexibility index (Phi) is 6.72. The van der Waals surface area contributed by atoms with Crippen LogP contribution in [0.1, 0.15) is 6.92 Å². The molecule has 3 aromatic rings. The molecule has 1 aromatic heterocycles. The first-order valence-corrected chi connectivity index (χ1v) is 9.97. The molecule has 0 saturated carbocycles. The molecule has 2 aromatic carbocycles. The van der Waals surface area contributed by atoms with Gasteiger partial charge in [0.1, 0.15) is 0 Å². The Hall–Kier alpha value is -2.35. The maximum Gasteiger partial charge on any atom is 0.262 e. The zero-order valence-electron chi connectivity index (χ0n) is 15.5. The second-order valence-electron chi connectivity index (χ2n) is 6.12. The summed E-state index contributed by atoms with van der Waals surface area (Å²) in [7, 11) is 1.58. The molecule has 0 unspecified atom stereocenters. The lowest BCUT2D eigenvalue weighted by Gasteiger charge is -2.16. The van der Waals surface area contributed by atoms with E-state index >= 15 is 0 Å². The number of nitrogens with zero attached hydrogens (tertiary/aromatic N) is 2. The number of nitrogens with one attached hydrogen (secondary N) is 1. The van der Waals surface area contributed by atoms with Gasteiger partial charge in [0.25, 0.3) is 5.56 Å². The first-order chi connectivity index (χ1) is 13.5. The molecule has 0 spiro atoms. The molecule has 0 radical (unpaired) electrons. The Morgan fingerprint density at radius 1 is 1.25 bits per heavy atom. The number of ether oxygens (including phenoxy) is 1. The predicted molar refractivity (Wildman–Crippen MR) is 113 cm³/mol. The van der Waals surface area contributed by atoms with Gasteiger partial charge in [0, 0.05) is 17.8 Å². The van der Waals surface area contributed by atoms with Crippen molar-refractivity contribution in [1.29, 1.82) is 0 Å². The van der Waals surface area contributed by atoms with Crippen LogP contribution in [0.5, 0.6) is 0 Å². The number of hydrogen-bond acceptors (Lipinski definition) is 5. The summed E-state index contributed by atoms with van der Waals surface area (Å²) < 4.78 is 6.68. The number of para-hydroxylation sites is 1. The summed E-state index contributed by atoms with van der Waals surface area (Å²) >= 11 is 7.11. The van der Waals surface area contributed by atoms with E-state index in [-0.39, 0.29) is 11.5 Å². The Labute approximate surface area is 171 Å².